The average Bonchev–Trinajstić information content (AvgIpc) is 3.27. The Balaban J connectivity index is 1.44. The van der Waals surface area contributed by atoms with Gasteiger partial charge in [0.15, 0.2) is 9.84 Å². The molecule has 2 aliphatic rings. The van der Waals surface area contributed by atoms with Gasteiger partial charge in [-0.15, -0.1) is 0 Å². The zero-order chi connectivity index (χ0) is 26.4. The number of sulfone groups is 1. The van der Waals surface area contributed by atoms with Crippen LogP contribution in [0.15, 0.2) is 21.6 Å². The van der Waals surface area contributed by atoms with Crippen LogP contribution in [0.4, 0.5) is 33.6 Å². The van der Waals surface area contributed by atoms with Crippen LogP contribution in [-0.4, -0.2) is 66.7 Å². The van der Waals surface area contributed by atoms with E-state index in [-0.39, 0.29) is 31.5 Å². The Morgan fingerprint density at radius 3 is 2.44 bits per heavy atom. The number of benzene rings is 1. The lowest BCUT2D eigenvalue weighted by Crippen LogP contribution is -2.56. The largest absolute Gasteiger partial charge is 0.471 e. The lowest BCUT2D eigenvalue weighted by atomic mass is 9.96. The molecule has 2 aliphatic heterocycles. The molecule has 16 heteroatoms. The van der Waals surface area contributed by atoms with E-state index in [0.29, 0.717) is 25.1 Å². The minimum absolute atomic E-state index is 0.0605. The third-order valence-electron chi connectivity index (χ3n) is 5.96. The summed E-state index contributed by atoms with van der Waals surface area (Å²) in [7, 11) is -4.00. The number of alkyl halides is 3. The van der Waals surface area contributed by atoms with Crippen molar-refractivity contribution in [2.75, 3.05) is 29.6 Å². The smallest absolute Gasteiger partial charge is 0.371 e. The zero-order valence-electron chi connectivity index (χ0n) is 18.7. The van der Waals surface area contributed by atoms with Gasteiger partial charge >= 0.3 is 12.1 Å². The number of hydrogen-bond acceptors (Lipinski definition) is 8. The molecule has 1 unspecified atom stereocenters. The molecular weight excluding hydrogens is 517 g/mol. The van der Waals surface area contributed by atoms with Gasteiger partial charge in [-0.2, -0.15) is 18.2 Å². The molecule has 2 aromatic rings. The Morgan fingerprint density at radius 1 is 1.11 bits per heavy atom. The maximum atomic E-state index is 14.5. The SMILES string of the molecule is CS(=O)(=O)c1cc(F)c(NC2CCCN([C@H]3CCN(c4noc(C(F)(F)F)n4)C(=O)C3)C2=O)cc1F. The molecule has 2 amide bonds. The highest BCUT2D eigenvalue weighted by atomic mass is 32.2. The van der Waals surface area contributed by atoms with Gasteiger partial charge in [0, 0.05) is 37.9 Å². The van der Waals surface area contributed by atoms with Gasteiger partial charge in [-0.1, -0.05) is 0 Å². The molecule has 1 aromatic heterocycles. The molecular formula is C20H20F5N5O5S. The van der Waals surface area contributed by atoms with Crippen LogP contribution in [0.2, 0.25) is 0 Å². The van der Waals surface area contributed by atoms with Gasteiger partial charge in [-0.05, 0) is 30.5 Å². The molecule has 4 rings (SSSR count). The first kappa shape index (κ1) is 25.8. The molecule has 1 aromatic carbocycles. The van der Waals surface area contributed by atoms with Gasteiger partial charge in [0.25, 0.3) is 5.95 Å². The Bertz CT molecular complexity index is 1300. The number of amides is 2. The van der Waals surface area contributed by atoms with Gasteiger partial charge in [0.05, 0.1) is 5.69 Å². The summed E-state index contributed by atoms with van der Waals surface area (Å²) in [5.41, 5.74) is -0.386. The quantitative estimate of drug-likeness (QED) is 0.577. The van der Waals surface area contributed by atoms with Gasteiger partial charge in [0.2, 0.25) is 11.8 Å². The molecule has 10 nitrogen and oxygen atoms in total. The summed E-state index contributed by atoms with van der Waals surface area (Å²) in [5, 5.41) is 5.82. The number of aromatic nitrogens is 2. The average molecular weight is 537 g/mol. The molecule has 0 saturated carbocycles. The van der Waals surface area contributed by atoms with Crippen LogP contribution in [0.1, 0.15) is 31.6 Å². The van der Waals surface area contributed by atoms with Crippen molar-refractivity contribution in [3.8, 4) is 0 Å². The normalized spacial score (nSPS) is 21.7. The van der Waals surface area contributed by atoms with Crippen molar-refractivity contribution >= 4 is 33.3 Å². The van der Waals surface area contributed by atoms with E-state index in [1.807, 2.05) is 0 Å². The topological polar surface area (TPSA) is 126 Å². The highest BCUT2D eigenvalue weighted by Crippen LogP contribution is 2.31. The minimum atomic E-state index is -4.86. The summed E-state index contributed by atoms with van der Waals surface area (Å²) in [5.74, 6) is -5.41. The molecule has 2 fully saturated rings. The van der Waals surface area contributed by atoms with Crippen molar-refractivity contribution in [2.24, 2.45) is 0 Å². The van der Waals surface area contributed by atoms with E-state index in [1.54, 1.807) is 0 Å². The summed E-state index contributed by atoms with van der Waals surface area (Å²) in [6.45, 7) is 0.230. The Hall–Kier alpha value is -3.30. The van der Waals surface area contributed by atoms with Crippen LogP contribution in [0.25, 0.3) is 0 Å². The Morgan fingerprint density at radius 2 is 1.83 bits per heavy atom. The number of likely N-dealkylation sites (tertiary alicyclic amines) is 1. The van der Waals surface area contributed by atoms with Gasteiger partial charge in [0.1, 0.15) is 22.6 Å². The number of anilines is 2. The van der Waals surface area contributed by atoms with Crippen molar-refractivity contribution in [3.63, 3.8) is 0 Å². The van der Waals surface area contributed by atoms with Crippen molar-refractivity contribution in [1.29, 1.82) is 0 Å². The second-order valence-corrected chi connectivity index (χ2v) is 10.5. The predicted octanol–water partition coefficient (Wildman–Crippen LogP) is 2.37. The van der Waals surface area contributed by atoms with E-state index in [1.165, 1.54) is 4.90 Å². The zero-order valence-corrected chi connectivity index (χ0v) is 19.5. The molecule has 2 atom stereocenters. The highest BCUT2D eigenvalue weighted by molar-refractivity contribution is 7.90. The summed E-state index contributed by atoms with van der Waals surface area (Å²) < 4.78 is 94.1. The number of nitrogens with zero attached hydrogens (tertiary/aromatic N) is 4. The summed E-state index contributed by atoms with van der Waals surface area (Å²) in [4.78, 5) is 30.5. The van der Waals surface area contributed by atoms with Gasteiger partial charge in [-0.3, -0.25) is 14.5 Å². The number of rotatable bonds is 5. The number of carbonyl (C=O) groups is 2. The number of carbonyl (C=O) groups excluding carboxylic acids is 2. The monoisotopic (exact) mass is 537 g/mol. The third kappa shape index (κ3) is 5.12. The molecule has 196 valence electrons. The number of nitrogens with one attached hydrogen (secondary N) is 1. The summed E-state index contributed by atoms with van der Waals surface area (Å²) >= 11 is 0. The van der Waals surface area contributed by atoms with Crippen molar-refractivity contribution < 1.29 is 44.5 Å². The van der Waals surface area contributed by atoms with Gasteiger partial charge < -0.3 is 14.7 Å². The van der Waals surface area contributed by atoms with E-state index >= 15 is 0 Å². The van der Waals surface area contributed by atoms with Crippen LogP contribution in [0, 0.1) is 11.6 Å². The Kier molecular flexibility index (Phi) is 6.66. The molecule has 0 bridgehead atoms. The van der Waals surface area contributed by atoms with E-state index < -0.39 is 68.3 Å². The first-order valence-corrected chi connectivity index (χ1v) is 12.6. The van der Waals surface area contributed by atoms with Crippen LogP contribution >= 0.6 is 0 Å². The maximum Gasteiger partial charge on any atom is 0.471 e. The van der Waals surface area contributed by atoms with Crippen LogP contribution < -0.4 is 10.2 Å². The van der Waals surface area contributed by atoms with Crippen molar-refractivity contribution in [1.82, 2.24) is 15.0 Å². The lowest BCUT2D eigenvalue weighted by molar-refractivity contribution is -0.159. The molecule has 0 spiro atoms. The molecule has 36 heavy (non-hydrogen) atoms. The van der Waals surface area contributed by atoms with Crippen LogP contribution in [0.3, 0.4) is 0 Å². The predicted molar refractivity (Wildman–Crippen MR) is 113 cm³/mol. The standard InChI is InChI=1S/C20H20F5N5O5S/c1-36(33,34)15-9-11(21)14(8-12(15)22)26-13-3-2-5-29(17(13)32)10-4-6-30(16(31)7-10)19-27-18(35-28-19)20(23,24)25/h8-10,13,26H,2-7H2,1H3/t10-,13?/m0/s1. The Labute approximate surface area is 201 Å². The first-order chi connectivity index (χ1) is 16.8. The molecule has 3 heterocycles. The number of hydrogen-bond donors (Lipinski definition) is 1. The van der Waals surface area contributed by atoms with Gasteiger partial charge in [-0.25, -0.2) is 17.2 Å². The lowest BCUT2D eigenvalue weighted by Gasteiger charge is -2.41. The fourth-order valence-electron chi connectivity index (χ4n) is 4.24. The summed E-state index contributed by atoms with van der Waals surface area (Å²) in [6.07, 6.45) is -3.36. The number of halogens is 5. The molecule has 2 saturated heterocycles. The van der Waals surface area contributed by atoms with E-state index in [9.17, 15) is 40.0 Å². The van der Waals surface area contributed by atoms with E-state index in [4.69, 9.17) is 0 Å². The third-order valence-corrected chi connectivity index (χ3v) is 7.07. The van der Waals surface area contributed by atoms with E-state index in [0.717, 1.165) is 11.2 Å². The second kappa shape index (κ2) is 9.29. The van der Waals surface area contributed by atoms with Crippen molar-refractivity contribution in [3.05, 3.63) is 29.7 Å². The molecule has 1 N–H and O–H groups in total. The van der Waals surface area contributed by atoms with Crippen LogP contribution in [-0.2, 0) is 25.6 Å². The fourth-order valence-corrected chi connectivity index (χ4v) is 4.97. The maximum absolute atomic E-state index is 14.5. The van der Waals surface area contributed by atoms with E-state index in [2.05, 4.69) is 20.0 Å². The summed E-state index contributed by atoms with van der Waals surface area (Å²) in [6, 6.07) is -0.334. The highest BCUT2D eigenvalue weighted by Gasteiger charge is 2.42. The van der Waals surface area contributed by atoms with Crippen molar-refractivity contribution in [2.45, 2.75) is 48.8 Å². The van der Waals surface area contributed by atoms with Crippen LogP contribution in [0.5, 0.6) is 0 Å². The molecule has 0 aliphatic carbocycles. The number of piperidine rings is 2. The minimum Gasteiger partial charge on any atom is -0.371 e. The fraction of sp³-hybridized carbons (Fsp3) is 0.500. The molecule has 0 radical (unpaired) electrons. The first-order valence-electron chi connectivity index (χ1n) is 10.7. The second-order valence-electron chi connectivity index (χ2n) is 8.49.